The minimum atomic E-state index is -3.58. The molecule has 0 unspecified atom stereocenters. The van der Waals surface area contributed by atoms with Crippen LogP contribution in [0.2, 0.25) is 0 Å². The third-order valence-electron chi connectivity index (χ3n) is 4.82. The number of benzene rings is 1. The van der Waals surface area contributed by atoms with Gasteiger partial charge in [0.2, 0.25) is 10.0 Å². The first-order chi connectivity index (χ1) is 12.5. The van der Waals surface area contributed by atoms with Crippen LogP contribution in [0.25, 0.3) is 0 Å². The highest BCUT2D eigenvalue weighted by molar-refractivity contribution is 7.99. The molecule has 1 aromatic carbocycles. The van der Waals surface area contributed by atoms with Gasteiger partial charge in [0.25, 0.3) is 0 Å². The van der Waals surface area contributed by atoms with Gasteiger partial charge in [-0.1, -0.05) is 12.1 Å². The molecule has 3 rings (SSSR count). The maximum absolute atomic E-state index is 13.3. The van der Waals surface area contributed by atoms with E-state index in [1.54, 1.807) is 28.6 Å². The van der Waals surface area contributed by atoms with Gasteiger partial charge >= 0.3 is 0 Å². The van der Waals surface area contributed by atoms with Crippen LogP contribution in [-0.4, -0.2) is 80.3 Å². The van der Waals surface area contributed by atoms with Crippen LogP contribution in [0.4, 0.5) is 0 Å². The van der Waals surface area contributed by atoms with Gasteiger partial charge in [0.1, 0.15) is 0 Å². The van der Waals surface area contributed by atoms with E-state index < -0.39 is 10.0 Å². The molecule has 0 spiro atoms. The average Bonchev–Trinajstić information content (AvgIpc) is 2.88. The maximum atomic E-state index is 13.3. The van der Waals surface area contributed by atoms with Crippen molar-refractivity contribution in [2.24, 2.45) is 0 Å². The largest absolute Gasteiger partial charge is 0.379 e. The number of morpholine rings is 1. The van der Waals surface area contributed by atoms with E-state index >= 15 is 0 Å². The number of sulfonamides is 1. The molecule has 1 aromatic rings. The molecule has 2 aliphatic heterocycles. The molecule has 0 amide bonds. The summed E-state index contributed by atoms with van der Waals surface area (Å²) in [4.78, 5) is 14.0. The monoisotopic (exact) mass is 398 g/mol. The highest BCUT2D eigenvalue weighted by atomic mass is 32.2. The first kappa shape index (κ1) is 19.8. The minimum absolute atomic E-state index is 0.0434. The van der Waals surface area contributed by atoms with Gasteiger partial charge in [0.15, 0.2) is 5.78 Å². The van der Waals surface area contributed by atoms with Crippen molar-refractivity contribution >= 4 is 27.6 Å². The lowest BCUT2D eigenvalue weighted by Gasteiger charge is -2.35. The van der Waals surface area contributed by atoms with Gasteiger partial charge in [-0.2, -0.15) is 16.1 Å². The molecule has 0 N–H and O–H groups in total. The zero-order valence-electron chi connectivity index (χ0n) is 15.1. The number of ketones is 1. The second-order valence-electron chi connectivity index (χ2n) is 6.69. The number of carbonyl (C=O) groups is 1. The first-order valence-electron chi connectivity index (χ1n) is 8.99. The molecule has 2 aliphatic rings. The van der Waals surface area contributed by atoms with E-state index in [1.165, 1.54) is 6.92 Å². The molecule has 0 saturated carbocycles. The van der Waals surface area contributed by atoms with E-state index in [0.717, 1.165) is 37.6 Å². The van der Waals surface area contributed by atoms with Crippen LogP contribution in [0, 0.1) is 0 Å². The molecule has 6 nitrogen and oxygen atoms in total. The Balaban J connectivity index is 1.82. The molecule has 0 bridgehead atoms. The second-order valence-corrected chi connectivity index (χ2v) is 9.73. The molecule has 144 valence electrons. The van der Waals surface area contributed by atoms with Crippen molar-refractivity contribution in [1.82, 2.24) is 9.21 Å². The molecular weight excluding hydrogens is 372 g/mol. The van der Waals surface area contributed by atoms with Crippen molar-refractivity contribution in [2.45, 2.75) is 24.3 Å². The molecule has 0 aliphatic carbocycles. The van der Waals surface area contributed by atoms with Gasteiger partial charge in [-0.25, -0.2) is 8.42 Å². The standard InChI is InChI=1S/C18H26N2O4S2/c1-15(21)16-3-5-18(6-4-16)26(22,23)20-7-2-12-25-14-17(20)13-19-8-10-24-11-9-19/h3-6,17H,2,7-14H2,1H3/t17-/m0/s1. The minimum Gasteiger partial charge on any atom is -0.379 e. The van der Waals surface area contributed by atoms with E-state index in [9.17, 15) is 13.2 Å². The number of thioether (sulfide) groups is 1. The van der Waals surface area contributed by atoms with E-state index in [4.69, 9.17) is 4.74 Å². The van der Waals surface area contributed by atoms with Crippen LogP contribution in [-0.2, 0) is 14.8 Å². The summed E-state index contributed by atoms with van der Waals surface area (Å²) in [6.45, 7) is 5.87. The zero-order valence-corrected chi connectivity index (χ0v) is 16.7. The summed E-state index contributed by atoms with van der Waals surface area (Å²) in [6.07, 6.45) is 0.856. The summed E-state index contributed by atoms with van der Waals surface area (Å²) in [7, 11) is -3.58. The fourth-order valence-corrected chi connectivity index (χ4v) is 6.15. The van der Waals surface area contributed by atoms with Crippen LogP contribution in [0.15, 0.2) is 29.2 Å². The summed E-state index contributed by atoms with van der Waals surface area (Å²) in [6, 6.07) is 6.25. The Morgan fingerprint density at radius 1 is 1.19 bits per heavy atom. The first-order valence-corrected chi connectivity index (χ1v) is 11.6. The van der Waals surface area contributed by atoms with Crippen LogP contribution >= 0.6 is 11.8 Å². The lowest BCUT2D eigenvalue weighted by atomic mass is 10.2. The fraction of sp³-hybridized carbons (Fsp3) is 0.611. The number of ether oxygens (including phenoxy) is 1. The van der Waals surface area contributed by atoms with Gasteiger partial charge < -0.3 is 4.74 Å². The predicted molar refractivity (Wildman–Crippen MR) is 103 cm³/mol. The van der Waals surface area contributed by atoms with E-state index in [2.05, 4.69) is 4.90 Å². The SMILES string of the molecule is CC(=O)c1ccc(S(=O)(=O)N2CCCSC[C@@H]2CN2CCOCC2)cc1. The zero-order chi connectivity index (χ0) is 18.6. The highest BCUT2D eigenvalue weighted by Gasteiger charge is 2.34. The molecular formula is C18H26N2O4S2. The van der Waals surface area contributed by atoms with Gasteiger partial charge in [0.05, 0.1) is 18.1 Å². The molecule has 2 fully saturated rings. The van der Waals surface area contributed by atoms with Crippen molar-refractivity contribution in [3.05, 3.63) is 29.8 Å². The van der Waals surface area contributed by atoms with Crippen LogP contribution < -0.4 is 0 Å². The quantitative estimate of drug-likeness (QED) is 0.704. The third kappa shape index (κ3) is 4.67. The number of carbonyl (C=O) groups excluding carboxylic acids is 1. The Bertz CT molecular complexity index is 715. The Hall–Kier alpha value is -0.930. The predicted octanol–water partition coefficient (Wildman–Crippen LogP) is 1.72. The Morgan fingerprint density at radius 2 is 1.88 bits per heavy atom. The van der Waals surface area contributed by atoms with Gasteiger partial charge in [-0.05, 0) is 31.2 Å². The van der Waals surface area contributed by atoms with Gasteiger partial charge in [0, 0.05) is 43.5 Å². The Labute approximate surface area is 159 Å². The maximum Gasteiger partial charge on any atom is 0.243 e. The topological polar surface area (TPSA) is 66.9 Å². The van der Waals surface area contributed by atoms with E-state index in [1.807, 2.05) is 11.8 Å². The van der Waals surface area contributed by atoms with Crippen molar-refractivity contribution in [3.8, 4) is 0 Å². The Morgan fingerprint density at radius 3 is 2.54 bits per heavy atom. The van der Waals surface area contributed by atoms with Gasteiger partial charge in [-0.3, -0.25) is 9.69 Å². The molecule has 8 heteroatoms. The lowest BCUT2D eigenvalue weighted by Crippen LogP contribution is -2.50. The molecule has 0 aromatic heterocycles. The number of rotatable bonds is 5. The number of hydrogen-bond donors (Lipinski definition) is 0. The lowest BCUT2D eigenvalue weighted by molar-refractivity contribution is 0.0309. The van der Waals surface area contributed by atoms with Crippen LogP contribution in [0.3, 0.4) is 0 Å². The molecule has 0 radical (unpaired) electrons. The smallest absolute Gasteiger partial charge is 0.243 e. The summed E-state index contributed by atoms with van der Waals surface area (Å²) >= 11 is 1.83. The molecule has 1 atom stereocenters. The van der Waals surface area contributed by atoms with Crippen molar-refractivity contribution in [3.63, 3.8) is 0 Å². The summed E-state index contributed by atoms with van der Waals surface area (Å²) in [5.41, 5.74) is 0.528. The fourth-order valence-electron chi connectivity index (χ4n) is 3.35. The van der Waals surface area contributed by atoms with Crippen molar-refractivity contribution < 1.29 is 17.9 Å². The average molecular weight is 399 g/mol. The number of nitrogens with zero attached hydrogens (tertiary/aromatic N) is 2. The van der Waals surface area contributed by atoms with Crippen LogP contribution in [0.5, 0.6) is 0 Å². The summed E-state index contributed by atoms with van der Waals surface area (Å²) < 4.78 is 33.6. The molecule has 2 heterocycles. The second kappa shape index (κ2) is 8.84. The number of hydrogen-bond acceptors (Lipinski definition) is 6. The normalized spacial score (nSPS) is 23.5. The van der Waals surface area contributed by atoms with E-state index in [-0.39, 0.29) is 16.7 Å². The molecule has 26 heavy (non-hydrogen) atoms. The summed E-state index contributed by atoms with van der Waals surface area (Å²) in [5, 5.41) is 0. The van der Waals surface area contributed by atoms with Crippen molar-refractivity contribution in [2.75, 3.05) is 50.9 Å². The number of Topliss-reactive ketones (excluding diaryl/α,β-unsaturated/α-hetero) is 1. The third-order valence-corrected chi connectivity index (χ3v) is 7.99. The van der Waals surface area contributed by atoms with Crippen molar-refractivity contribution in [1.29, 1.82) is 0 Å². The van der Waals surface area contributed by atoms with Gasteiger partial charge in [-0.15, -0.1) is 0 Å². The van der Waals surface area contributed by atoms with Crippen LogP contribution in [0.1, 0.15) is 23.7 Å². The van der Waals surface area contributed by atoms with E-state index in [0.29, 0.717) is 25.3 Å². The summed E-state index contributed by atoms with van der Waals surface area (Å²) in [5.74, 6) is 1.72. The Kier molecular flexibility index (Phi) is 6.74. The molecule has 2 saturated heterocycles. The highest BCUT2D eigenvalue weighted by Crippen LogP contribution is 2.25.